The van der Waals surface area contributed by atoms with Crippen LogP contribution < -0.4 is 16.6 Å². The van der Waals surface area contributed by atoms with Crippen molar-refractivity contribution in [2.45, 2.75) is 56.8 Å². The Morgan fingerprint density at radius 2 is 1.90 bits per heavy atom. The van der Waals surface area contributed by atoms with E-state index in [2.05, 4.69) is 0 Å². The number of hydrogen-bond donors (Lipinski definition) is 4. The van der Waals surface area contributed by atoms with E-state index in [1.807, 2.05) is 5.43 Å². The number of aliphatic hydroxyl groups excluding tert-OH is 1. The van der Waals surface area contributed by atoms with Gasteiger partial charge in [0.1, 0.15) is 12.6 Å². The Bertz CT molecular complexity index is 307. The predicted molar refractivity (Wildman–Crippen MR) is 67.4 cm³/mol. The highest BCUT2D eigenvalue weighted by Gasteiger charge is 2.29. The maximum absolute atomic E-state index is 11.9. The van der Waals surface area contributed by atoms with Gasteiger partial charge in [-0.05, 0) is 12.3 Å². The van der Waals surface area contributed by atoms with Crippen molar-refractivity contribution >= 4 is 5.91 Å². The zero-order chi connectivity index (χ0) is 15.2. The molecule has 1 aliphatic carbocycles. The maximum atomic E-state index is 11.9. The SMILES string of the molecule is NC(CC1CCCCC1)C(O)C(=O)NNCC(F)(F)F. The molecule has 0 heterocycles. The molecule has 0 aromatic heterocycles. The number of hydrazine groups is 1. The molecule has 0 spiro atoms. The molecule has 118 valence electrons. The molecule has 1 aliphatic rings. The van der Waals surface area contributed by atoms with Gasteiger partial charge >= 0.3 is 6.18 Å². The van der Waals surface area contributed by atoms with Crippen molar-refractivity contribution in [1.82, 2.24) is 10.9 Å². The van der Waals surface area contributed by atoms with Crippen molar-refractivity contribution in [3.05, 3.63) is 0 Å². The minimum Gasteiger partial charge on any atom is -0.382 e. The Morgan fingerprint density at radius 3 is 2.45 bits per heavy atom. The molecule has 20 heavy (non-hydrogen) atoms. The van der Waals surface area contributed by atoms with Gasteiger partial charge in [0.15, 0.2) is 0 Å². The Labute approximate surface area is 116 Å². The topological polar surface area (TPSA) is 87.4 Å². The van der Waals surface area contributed by atoms with Gasteiger partial charge in [-0.1, -0.05) is 32.1 Å². The van der Waals surface area contributed by atoms with Crippen molar-refractivity contribution in [3.63, 3.8) is 0 Å². The second kappa shape index (κ2) is 7.80. The molecular weight excluding hydrogens is 275 g/mol. The molecule has 0 radical (unpaired) electrons. The predicted octanol–water partition coefficient (Wildman–Crippen LogP) is 0.828. The molecule has 1 saturated carbocycles. The summed E-state index contributed by atoms with van der Waals surface area (Å²) in [4.78, 5) is 11.4. The number of halogens is 3. The summed E-state index contributed by atoms with van der Waals surface area (Å²) in [5.74, 6) is -0.554. The summed E-state index contributed by atoms with van der Waals surface area (Å²) >= 11 is 0. The Balaban J connectivity index is 2.27. The summed E-state index contributed by atoms with van der Waals surface area (Å²) in [6.45, 7) is -1.36. The van der Waals surface area contributed by atoms with Gasteiger partial charge in [-0.2, -0.15) is 13.2 Å². The zero-order valence-corrected chi connectivity index (χ0v) is 11.2. The largest absolute Gasteiger partial charge is 0.402 e. The number of nitrogens with two attached hydrogens (primary N) is 1. The van der Waals surface area contributed by atoms with Crippen LogP contribution in [-0.4, -0.2) is 35.9 Å². The van der Waals surface area contributed by atoms with Gasteiger partial charge in [-0.3, -0.25) is 10.2 Å². The molecular formula is C12H22F3N3O2. The number of amides is 1. The van der Waals surface area contributed by atoms with E-state index in [0.717, 1.165) is 25.7 Å². The molecule has 1 rings (SSSR count). The quantitative estimate of drug-likeness (QED) is 0.547. The van der Waals surface area contributed by atoms with Crippen LogP contribution in [0.1, 0.15) is 38.5 Å². The van der Waals surface area contributed by atoms with Crippen LogP contribution in [0.4, 0.5) is 13.2 Å². The lowest BCUT2D eigenvalue weighted by molar-refractivity contribution is -0.137. The van der Waals surface area contributed by atoms with E-state index in [1.54, 1.807) is 5.43 Å². The summed E-state index contributed by atoms with van der Waals surface area (Å²) in [7, 11) is 0. The minimum atomic E-state index is -4.43. The Morgan fingerprint density at radius 1 is 1.30 bits per heavy atom. The molecule has 8 heteroatoms. The fourth-order valence-corrected chi connectivity index (χ4v) is 2.44. The van der Waals surface area contributed by atoms with E-state index in [1.165, 1.54) is 6.42 Å². The number of carbonyl (C=O) groups excluding carboxylic acids is 1. The Kier molecular flexibility index (Phi) is 6.70. The maximum Gasteiger partial charge on any atom is 0.402 e. The van der Waals surface area contributed by atoms with Gasteiger partial charge < -0.3 is 10.8 Å². The molecule has 2 atom stereocenters. The lowest BCUT2D eigenvalue weighted by Gasteiger charge is -2.26. The smallest absolute Gasteiger partial charge is 0.382 e. The van der Waals surface area contributed by atoms with Crippen LogP contribution >= 0.6 is 0 Å². The number of hydrogen-bond acceptors (Lipinski definition) is 4. The van der Waals surface area contributed by atoms with Gasteiger partial charge in [0.25, 0.3) is 5.91 Å². The first-order chi connectivity index (χ1) is 9.29. The van der Waals surface area contributed by atoms with E-state index in [9.17, 15) is 23.1 Å². The van der Waals surface area contributed by atoms with Crippen LogP contribution in [0.15, 0.2) is 0 Å². The molecule has 5 N–H and O–H groups in total. The van der Waals surface area contributed by atoms with Crippen LogP contribution in [0, 0.1) is 5.92 Å². The number of carbonyl (C=O) groups is 1. The fraction of sp³-hybridized carbons (Fsp3) is 0.917. The van der Waals surface area contributed by atoms with Gasteiger partial charge in [-0.15, -0.1) is 0 Å². The lowest BCUT2D eigenvalue weighted by atomic mass is 9.84. The third-order valence-electron chi connectivity index (χ3n) is 3.50. The summed E-state index contributed by atoms with van der Waals surface area (Å²) in [6.07, 6.45) is 0.0482. The average molecular weight is 297 g/mol. The van der Waals surface area contributed by atoms with Gasteiger partial charge in [0.05, 0.1) is 0 Å². The van der Waals surface area contributed by atoms with Crippen molar-refractivity contribution in [2.75, 3.05) is 6.54 Å². The number of rotatable bonds is 6. The fourth-order valence-electron chi connectivity index (χ4n) is 2.44. The van der Waals surface area contributed by atoms with Gasteiger partial charge in [0.2, 0.25) is 0 Å². The van der Waals surface area contributed by atoms with E-state index < -0.39 is 30.8 Å². The van der Waals surface area contributed by atoms with Gasteiger partial charge in [0, 0.05) is 6.04 Å². The van der Waals surface area contributed by atoms with Crippen LogP contribution in [0.25, 0.3) is 0 Å². The molecule has 2 unspecified atom stereocenters. The standard InChI is InChI=1S/C12H22F3N3O2/c13-12(14,15)7-17-18-11(20)10(19)9(16)6-8-4-2-1-3-5-8/h8-10,17,19H,1-7,16H2,(H,18,20). The number of alkyl halides is 3. The molecule has 0 saturated heterocycles. The highest BCUT2D eigenvalue weighted by molar-refractivity contribution is 5.80. The molecule has 0 aromatic carbocycles. The molecule has 0 aliphatic heterocycles. The van der Waals surface area contributed by atoms with E-state index in [-0.39, 0.29) is 0 Å². The summed E-state index contributed by atoms with van der Waals surface area (Å²) in [6, 6.07) is -0.759. The monoisotopic (exact) mass is 297 g/mol. The zero-order valence-electron chi connectivity index (χ0n) is 11.2. The lowest BCUT2D eigenvalue weighted by Crippen LogP contribution is -2.52. The first kappa shape index (κ1) is 17.2. The van der Waals surface area contributed by atoms with Gasteiger partial charge in [-0.25, -0.2) is 5.43 Å². The second-order valence-electron chi connectivity index (χ2n) is 5.31. The summed E-state index contributed by atoms with van der Waals surface area (Å²) < 4.78 is 35.6. The highest BCUT2D eigenvalue weighted by atomic mass is 19.4. The van der Waals surface area contributed by atoms with E-state index >= 15 is 0 Å². The van der Waals surface area contributed by atoms with Crippen LogP contribution in [0.3, 0.4) is 0 Å². The number of nitrogens with one attached hydrogen (secondary N) is 2. The van der Waals surface area contributed by atoms with Crippen molar-refractivity contribution in [2.24, 2.45) is 11.7 Å². The van der Waals surface area contributed by atoms with Crippen LogP contribution in [0.2, 0.25) is 0 Å². The third-order valence-corrected chi connectivity index (χ3v) is 3.50. The second-order valence-corrected chi connectivity index (χ2v) is 5.31. The van der Waals surface area contributed by atoms with Crippen molar-refractivity contribution in [3.8, 4) is 0 Å². The normalized spacial score (nSPS) is 20.4. The molecule has 0 bridgehead atoms. The van der Waals surface area contributed by atoms with Crippen molar-refractivity contribution in [1.29, 1.82) is 0 Å². The summed E-state index contributed by atoms with van der Waals surface area (Å²) in [5.41, 5.74) is 9.29. The van der Waals surface area contributed by atoms with E-state index in [4.69, 9.17) is 5.73 Å². The first-order valence-electron chi connectivity index (χ1n) is 6.82. The summed E-state index contributed by atoms with van der Waals surface area (Å²) in [5, 5.41) is 9.69. The molecule has 1 fully saturated rings. The van der Waals surface area contributed by atoms with Crippen LogP contribution in [-0.2, 0) is 4.79 Å². The molecule has 5 nitrogen and oxygen atoms in total. The number of aliphatic hydroxyl groups is 1. The van der Waals surface area contributed by atoms with Crippen LogP contribution in [0.5, 0.6) is 0 Å². The molecule has 0 aromatic rings. The van der Waals surface area contributed by atoms with Crippen molar-refractivity contribution < 1.29 is 23.1 Å². The Hall–Kier alpha value is -0.860. The van der Waals surface area contributed by atoms with E-state index in [0.29, 0.717) is 12.3 Å². The first-order valence-corrected chi connectivity index (χ1v) is 6.82. The minimum absolute atomic E-state index is 0.379. The average Bonchev–Trinajstić information content (AvgIpc) is 2.37. The highest BCUT2D eigenvalue weighted by Crippen LogP contribution is 2.27. The molecule has 1 amide bonds. The third kappa shape index (κ3) is 6.53.